The van der Waals surface area contributed by atoms with Gasteiger partial charge in [-0.3, -0.25) is 4.68 Å². The lowest BCUT2D eigenvalue weighted by Gasteiger charge is -2.31. The summed E-state index contributed by atoms with van der Waals surface area (Å²) in [6, 6.07) is 8.00. The van der Waals surface area contributed by atoms with E-state index in [2.05, 4.69) is 9.67 Å². The third-order valence-electron chi connectivity index (χ3n) is 4.89. The average Bonchev–Trinajstić information content (AvgIpc) is 3.20. The molecule has 0 aliphatic carbocycles. The van der Waals surface area contributed by atoms with Gasteiger partial charge in [0.15, 0.2) is 0 Å². The zero-order valence-electron chi connectivity index (χ0n) is 14.3. The second kappa shape index (κ2) is 5.96. The molecule has 1 saturated heterocycles. The Kier molecular flexibility index (Phi) is 3.88. The van der Waals surface area contributed by atoms with Crippen molar-refractivity contribution >= 4 is 21.1 Å². The van der Waals surface area contributed by atoms with E-state index in [9.17, 15) is 8.42 Å². The first-order chi connectivity index (χ1) is 12.0. The van der Waals surface area contributed by atoms with Crippen molar-refractivity contribution in [1.29, 1.82) is 0 Å². The van der Waals surface area contributed by atoms with Crippen molar-refractivity contribution in [3.05, 3.63) is 42.5 Å². The standard InChI is InChI=1S/C17H21N5O2S/c1-20-12-14(10-18-20)25(23,24)22-9-5-6-13(11-22)17-19-15-7-3-4-8-16(15)21(17)2/h3-4,7-8,10,12-13H,5-6,9,11H2,1-2H3. The lowest BCUT2D eigenvalue weighted by atomic mass is 9.99. The Morgan fingerprint density at radius 3 is 2.72 bits per heavy atom. The quantitative estimate of drug-likeness (QED) is 0.716. The first-order valence-corrected chi connectivity index (χ1v) is 9.81. The summed E-state index contributed by atoms with van der Waals surface area (Å²) in [4.78, 5) is 5.00. The molecule has 2 aromatic heterocycles. The fourth-order valence-corrected chi connectivity index (χ4v) is 5.09. The summed E-state index contributed by atoms with van der Waals surface area (Å²) >= 11 is 0. The largest absolute Gasteiger partial charge is 0.331 e. The van der Waals surface area contributed by atoms with Crippen molar-refractivity contribution in [2.75, 3.05) is 13.1 Å². The van der Waals surface area contributed by atoms with E-state index in [4.69, 9.17) is 4.98 Å². The van der Waals surface area contributed by atoms with Crippen molar-refractivity contribution in [1.82, 2.24) is 23.6 Å². The van der Waals surface area contributed by atoms with Crippen LogP contribution < -0.4 is 0 Å². The molecule has 0 bridgehead atoms. The van der Waals surface area contributed by atoms with Gasteiger partial charge in [0, 0.05) is 39.3 Å². The average molecular weight is 359 g/mol. The minimum Gasteiger partial charge on any atom is -0.331 e. The number of benzene rings is 1. The van der Waals surface area contributed by atoms with Crippen LogP contribution in [0.1, 0.15) is 24.6 Å². The van der Waals surface area contributed by atoms with E-state index in [1.807, 2.05) is 31.3 Å². The Bertz CT molecular complexity index is 1020. The van der Waals surface area contributed by atoms with Crippen LogP contribution in [0.5, 0.6) is 0 Å². The molecule has 1 fully saturated rings. The molecule has 1 aliphatic rings. The van der Waals surface area contributed by atoms with Crippen LogP contribution in [0.25, 0.3) is 11.0 Å². The molecule has 1 aromatic carbocycles. The predicted molar refractivity (Wildman–Crippen MR) is 94.7 cm³/mol. The minimum atomic E-state index is -3.51. The van der Waals surface area contributed by atoms with Crippen LogP contribution in [0.15, 0.2) is 41.6 Å². The number of hydrogen-bond donors (Lipinski definition) is 0. The van der Waals surface area contributed by atoms with Crippen molar-refractivity contribution in [2.45, 2.75) is 23.7 Å². The zero-order chi connectivity index (χ0) is 17.6. The summed E-state index contributed by atoms with van der Waals surface area (Å²) in [6.45, 7) is 0.992. The van der Waals surface area contributed by atoms with Gasteiger partial charge in [0.05, 0.1) is 17.2 Å². The van der Waals surface area contributed by atoms with Crippen LogP contribution in [0.3, 0.4) is 0 Å². The number of nitrogens with zero attached hydrogens (tertiary/aromatic N) is 5. The number of fused-ring (bicyclic) bond motifs is 1. The number of rotatable bonds is 3. The second-order valence-electron chi connectivity index (χ2n) is 6.57. The first-order valence-electron chi connectivity index (χ1n) is 8.37. The van der Waals surface area contributed by atoms with Crippen LogP contribution in [-0.4, -0.2) is 45.1 Å². The zero-order valence-corrected chi connectivity index (χ0v) is 15.1. The molecule has 3 heterocycles. The molecule has 0 N–H and O–H groups in total. The number of para-hydroxylation sites is 2. The number of piperidine rings is 1. The van der Waals surface area contributed by atoms with Crippen LogP contribution in [0.4, 0.5) is 0 Å². The summed E-state index contributed by atoms with van der Waals surface area (Å²) in [5, 5.41) is 3.99. The summed E-state index contributed by atoms with van der Waals surface area (Å²) in [5.74, 6) is 1.05. The molecule has 8 heteroatoms. The molecule has 132 valence electrons. The SMILES string of the molecule is Cn1cc(S(=O)(=O)N2CCCC(c3nc4ccccc4n3C)C2)cn1. The van der Waals surface area contributed by atoms with Gasteiger partial charge in [0.25, 0.3) is 0 Å². The smallest absolute Gasteiger partial charge is 0.246 e. The fraction of sp³-hybridized carbons (Fsp3) is 0.412. The van der Waals surface area contributed by atoms with Crippen LogP contribution in [0, 0.1) is 0 Å². The topological polar surface area (TPSA) is 73.0 Å². The maximum Gasteiger partial charge on any atom is 0.246 e. The highest BCUT2D eigenvalue weighted by atomic mass is 32.2. The van der Waals surface area contributed by atoms with E-state index in [0.29, 0.717) is 13.1 Å². The Morgan fingerprint density at radius 2 is 2.00 bits per heavy atom. The number of aromatic nitrogens is 4. The predicted octanol–water partition coefficient (Wildman–Crippen LogP) is 1.88. The second-order valence-corrected chi connectivity index (χ2v) is 8.51. The highest BCUT2D eigenvalue weighted by Crippen LogP contribution is 2.31. The van der Waals surface area contributed by atoms with Gasteiger partial charge < -0.3 is 4.57 Å². The maximum atomic E-state index is 12.9. The molecule has 1 aliphatic heterocycles. The van der Waals surface area contributed by atoms with E-state index in [1.54, 1.807) is 17.5 Å². The van der Waals surface area contributed by atoms with Gasteiger partial charge in [0.1, 0.15) is 10.7 Å². The van der Waals surface area contributed by atoms with E-state index < -0.39 is 10.0 Å². The third-order valence-corrected chi connectivity index (χ3v) is 6.71. The summed E-state index contributed by atoms with van der Waals surface area (Å²) in [6.07, 6.45) is 4.73. The summed E-state index contributed by atoms with van der Waals surface area (Å²) < 4.78 is 30.9. The molecule has 0 amide bonds. The van der Waals surface area contributed by atoms with E-state index in [0.717, 1.165) is 29.7 Å². The van der Waals surface area contributed by atoms with Crippen molar-refractivity contribution in [2.24, 2.45) is 14.1 Å². The number of aryl methyl sites for hydroxylation is 2. The van der Waals surface area contributed by atoms with Gasteiger partial charge in [-0.25, -0.2) is 13.4 Å². The van der Waals surface area contributed by atoms with Crippen molar-refractivity contribution in [3.8, 4) is 0 Å². The summed E-state index contributed by atoms with van der Waals surface area (Å²) in [5.41, 5.74) is 2.02. The molecule has 3 aromatic rings. The van der Waals surface area contributed by atoms with Gasteiger partial charge in [-0.2, -0.15) is 9.40 Å². The molecule has 0 spiro atoms. The van der Waals surface area contributed by atoms with Gasteiger partial charge in [-0.15, -0.1) is 0 Å². The van der Waals surface area contributed by atoms with Gasteiger partial charge in [-0.1, -0.05) is 12.1 Å². The molecular formula is C17H21N5O2S. The molecule has 4 rings (SSSR count). The lowest BCUT2D eigenvalue weighted by Crippen LogP contribution is -2.39. The Hall–Kier alpha value is -2.19. The minimum absolute atomic E-state index is 0.0950. The highest BCUT2D eigenvalue weighted by Gasteiger charge is 2.33. The fourth-order valence-electron chi connectivity index (χ4n) is 3.58. The maximum absolute atomic E-state index is 12.9. The Labute approximate surface area is 146 Å². The van der Waals surface area contributed by atoms with Crippen molar-refractivity contribution in [3.63, 3.8) is 0 Å². The number of imidazole rings is 1. The first kappa shape index (κ1) is 16.3. The monoisotopic (exact) mass is 359 g/mol. The van der Waals surface area contributed by atoms with E-state index in [-0.39, 0.29) is 10.8 Å². The molecule has 1 unspecified atom stereocenters. The van der Waals surface area contributed by atoms with Crippen LogP contribution >= 0.6 is 0 Å². The molecular weight excluding hydrogens is 338 g/mol. The molecule has 7 nitrogen and oxygen atoms in total. The molecule has 25 heavy (non-hydrogen) atoms. The Balaban J connectivity index is 1.65. The molecule has 1 atom stereocenters. The van der Waals surface area contributed by atoms with Crippen LogP contribution in [-0.2, 0) is 24.1 Å². The van der Waals surface area contributed by atoms with Gasteiger partial charge in [-0.05, 0) is 25.0 Å². The third kappa shape index (κ3) is 2.75. The van der Waals surface area contributed by atoms with E-state index in [1.165, 1.54) is 10.9 Å². The number of hydrogen-bond acceptors (Lipinski definition) is 4. The lowest BCUT2D eigenvalue weighted by molar-refractivity contribution is 0.307. The molecule has 0 radical (unpaired) electrons. The van der Waals surface area contributed by atoms with E-state index >= 15 is 0 Å². The van der Waals surface area contributed by atoms with Crippen LogP contribution in [0.2, 0.25) is 0 Å². The number of sulfonamides is 1. The van der Waals surface area contributed by atoms with Gasteiger partial charge in [0.2, 0.25) is 10.0 Å². The summed E-state index contributed by atoms with van der Waals surface area (Å²) in [7, 11) is 0.207. The van der Waals surface area contributed by atoms with Crippen molar-refractivity contribution < 1.29 is 8.42 Å². The molecule has 0 saturated carbocycles. The van der Waals surface area contributed by atoms with Gasteiger partial charge >= 0.3 is 0 Å². The Morgan fingerprint density at radius 1 is 1.20 bits per heavy atom. The normalized spacial score (nSPS) is 19.5. The highest BCUT2D eigenvalue weighted by molar-refractivity contribution is 7.89.